The van der Waals surface area contributed by atoms with Gasteiger partial charge in [0.25, 0.3) is 11.8 Å². The molecule has 1 aromatic heterocycles. The fourth-order valence-corrected chi connectivity index (χ4v) is 2.32. The number of pyridine rings is 1. The second-order valence-corrected chi connectivity index (χ2v) is 5.20. The molecule has 2 heterocycles. The number of amides is 2. The number of nitrogens with zero attached hydrogens (tertiary/aromatic N) is 2. The van der Waals surface area contributed by atoms with Gasteiger partial charge in [-0.2, -0.15) is 0 Å². The van der Waals surface area contributed by atoms with Crippen molar-refractivity contribution in [1.29, 1.82) is 0 Å². The fourth-order valence-electron chi connectivity index (χ4n) is 2.07. The molecule has 1 saturated heterocycles. The smallest absolute Gasteiger partial charge is 0.265 e. The van der Waals surface area contributed by atoms with E-state index in [1.165, 1.54) is 23.2 Å². The molecule has 7 nitrogen and oxygen atoms in total. The third-order valence-electron chi connectivity index (χ3n) is 3.31. The molecule has 0 spiro atoms. The van der Waals surface area contributed by atoms with Gasteiger partial charge in [-0.3, -0.25) is 24.8 Å². The molecule has 1 fully saturated rings. The van der Waals surface area contributed by atoms with Gasteiger partial charge in [0.05, 0.1) is 12.3 Å². The summed E-state index contributed by atoms with van der Waals surface area (Å²) in [5.41, 5.74) is 0.585. The number of aromatic hydroxyl groups is 1. The van der Waals surface area contributed by atoms with Crippen LogP contribution in [0.1, 0.15) is 16.8 Å². The molecule has 0 aliphatic carbocycles. The van der Waals surface area contributed by atoms with E-state index in [9.17, 15) is 19.8 Å². The normalized spacial score (nSPS) is 16.7. The first-order chi connectivity index (χ1) is 10.9. The topological polar surface area (TPSA) is 103 Å². The molecule has 120 valence electrons. The van der Waals surface area contributed by atoms with E-state index in [2.05, 4.69) is 16.9 Å². The molecule has 0 bridgehead atoms. The van der Waals surface area contributed by atoms with Crippen molar-refractivity contribution >= 4 is 35.2 Å². The molecular weight excluding hydrogens is 318 g/mol. The molecule has 2 rings (SSSR count). The van der Waals surface area contributed by atoms with Gasteiger partial charge in [-0.25, -0.2) is 0 Å². The zero-order valence-corrected chi connectivity index (χ0v) is 13.2. The van der Waals surface area contributed by atoms with Crippen LogP contribution in [0.3, 0.4) is 0 Å². The Bertz CT molecular complexity index is 742. The summed E-state index contributed by atoms with van der Waals surface area (Å²) in [6, 6.07) is 0. The first-order valence-corrected chi connectivity index (χ1v) is 7.09. The van der Waals surface area contributed by atoms with E-state index in [1.807, 2.05) is 0 Å². The van der Waals surface area contributed by atoms with Crippen molar-refractivity contribution < 1.29 is 19.8 Å². The average Bonchev–Trinajstić information content (AvgIpc) is 2.51. The number of carbonyl (C=O) groups excluding carboxylic acids is 2. The highest BCUT2D eigenvalue weighted by Crippen LogP contribution is 2.27. The number of aromatic nitrogens is 1. The van der Waals surface area contributed by atoms with Gasteiger partial charge in [0.15, 0.2) is 5.11 Å². The molecule has 2 amide bonds. The first-order valence-electron chi connectivity index (χ1n) is 6.68. The Morgan fingerprint density at radius 2 is 2.17 bits per heavy atom. The fraction of sp³-hybridized carbons (Fsp3) is 0.200. The summed E-state index contributed by atoms with van der Waals surface area (Å²) < 4.78 is 0. The number of rotatable bonds is 4. The van der Waals surface area contributed by atoms with Crippen LogP contribution in [0.4, 0.5) is 0 Å². The zero-order valence-electron chi connectivity index (χ0n) is 12.4. The van der Waals surface area contributed by atoms with E-state index in [0.29, 0.717) is 11.3 Å². The maximum atomic E-state index is 12.4. The number of carbonyl (C=O) groups is 2. The lowest BCUT2D eigenvalue weighted by atomic mass is 10.0. The Morgan fingerprint density at radius 3 is 2.78 bits per heavy atom. The summed E-state index contributed by atoms with van der Waals surface area (Å²) in [5.74, 6) is -1.47. The van der Waals surface area contributed by atoms with Crippen molar-refractivity contribution in [3.05, 3.63) is 41.2 Å². The number of nitrogens with one attached hydrogen (secondary N) is 1. The molecule has 8 heteroatoms. The third-order valence-corrected chi connectivity index (χ3v) is 3.64. The van der Waals surface area contributed by atoms with Crippen molar-refractivity contribution in [2.75, 3.05) is 6.54 Å². The predicted octanol–water partition coefficient (Wildman–Crippen LogP) is 0.401. The van der Waals surface area contributed by atoms with Gasteiger partial charge in [0.1, 0.15) is 11.3 Å². The van der Waals surface area contributed by atoms with E-state index in [4.69, 9.17) is 12.2 Å². The lowest BCUT2D eigenvalue weighted by Gasteiger charge is -2.28. The van der Waals surface area contributed by atoms with E-state index < -0.39 is 18.4 Å². The average molecular weight is 333 g/mol. The van der Waals surface area contributed by atoms with Crippen LogP contribution in [0.2, 0.25) is 0 Å². The number of aliphatic hydroxyl groups is 1. The molecule has 0 saturated carbocycles. The van der Waals surface area contributed by atoms with Crippen LogP contribution in [-0.4, -0.2) is 43.6 Å². The number of hydrogen-bond donors (Lipinski definition) is 3. The van der Waals surface area contributed by atoms with Crippen LogP contribution >= 0.6 is 12.2 Å². The van der Waals surface area contributed by atoms with Gasteiger partial charge < -0.3 is 10.2 Å². The van der Waals surface area contributed by atoms with Crippen LogP contribution in [-0.2, 0) is 16.2 Å². The van der Waals surface area contributed by atoms with Gasteiger partial charge in [0, 0.05) is 23.9 Å². The summed E-state index contributed by atoms with van der Waals surface area (Å²) in [5, 5.41) is 21.9. The van der Waals surface area contributed by atoms with Gasteiger partial charge in [-0.05, 0) is 25.2 Å². The number of thiocarbonyl (C=S) groups is 1. The van der Waals surface area contributed by atoms with E-state index in [-0.39, 0.29) is 28.5 Å². The van der Waals surface area contributed by atoms with Crippen molar-refractivity contribution in [2.45, 2.75) is 13.5 Å². The molecule has 0 unspecified atom stereocenters. The summed E-state index contributed by atoms with van der Waals surface area (Å²) in [7, 11) is 0. The van der Waals surface area contributed by atoms with Gasteiger partial charge in [-0.1, -0.05) is 6.08 Å². The van der Waals surface area contributed by atoms with Gasteiger partial charge >= 0.3 is 0 Å². The molecule has 0 radical (unpaired) electrons. The largest absolute Gasteiger partial charge is 0.505 e. The highest BCUT2D eigenvalue weighted by molar-refractivity contribution is 7.80. The van der Waals surface area contributed by atoms with Crippen LogP contribution < -0.4 is 5.32 Å². The van der Waals surface area contributed by atoms with Crippen molar-refractivity contribution in [3.63, 3.8) is 0 Å². The van der Waals surface area contributed by atoms with Crippen molar-refractivity contribution in [2.24, 2.45) is 0 Å². The molecular formula is C15H15N3O4S. The van der Waals surface area contributed by atoms with Crippen molar-refractivity contribution in [3.8, 4) is 5.75 Å². The van der Waals surface area contributed by atoms with Crippen LogP contribution in [0, 0.1) is 6.92 Å². The third kappa shape index (κ3) is 3.13. The van der Waals surface area contributed by atoms with E-state index >= 15 is 0 Å². The zero-order chi connectivity index (χ0) is 17.1. The second kappa shape index (κ2) is 6.67. The monoisotopic (exact) mass is 333 g/mol. The Labute approximate surface area is 137 Å². The minimum atomic E-state index is -0.668. The highest BCUT2D eigenvalue weighted by atomic mass is 32.1. The minimum Gasteiger partial charge on any atom is -0.505 e. The van der Waals surface area contributed by atoms with Crippen LogP contribution in [0.5, 0.6) is 5.75 Å². The molecule has 3 N–H and O–H groups in total. The molecule has 1 aliphatic rings. The Kier molecular flexibility index (Phi) is 4.87. The first kappa shape index (κ1) is 16.8. The molecule has 1 aliphatic heterocycles. The Morgan fingerprint density at radius 1 is 1.48 bits per heavy atom. The van der Waals surface area contributed by atoms with Crippen LogP contribution in [0.25, 0.3) is 6.08 Å². The van der Waals surface area contributed by atoms with E-state index in [0.717, 1.165) is 0 Å². The quantitative estimate of drug-likeness (QED) is 0.319. The standard InChI is InChI=1S/C15H15N3O4S/c1-3-4-18-14(22)11(13(21)17-15(18)23)5-10-9(7-19)6-16-8(2)12(10)20/h3,5-6,19-20H,1,4,7H2,2H3,(H,17,21,23)/b11-5+. The number of hydrogen-bond acceptors (Lipinski definition) is 6. The number of aryl methyl sites for hydroxylation is 1. The molecule has 1 aromatic rings. The maximum Gasteiger partial charge on any atom is 0.265 e. The predicted molar refractivity (Wildman–Crippen MR) is 87.2 cm³/mol. The minimum absolute atomic E-state index is 0.00503. The summed E-state index contributed by atoms with van der Waals surface area (Å²) in [6.45, 7) is 4.85. The maximum absolute atomic E-state index is 12.4. The number of aliphatic hydroxyl groups excluding tert-OH is 1. The van der Waals surface area contributed by atoms with Crippen molar-refractivity contribution in [1.82, 2.24) is 15.2 Å². The molecule has 0 atom stereocenters. The molecule has 0 aromatic carbocycles. The second-order valence-electron chi connectivity index (χ2n) is 4.81. The highest BCUT2D eigenvalue weighted by Gasteiger charge is 2.33. The SMILES string of the molecule is C=CCN1C(=O)/C(=C/c2c(CO)cnc(C)c2O)C(=O)NC1=S. The lowest BCUT2D eigenvalue weighted by Crippen LogP contribution is -2.53. The van der Waals surface area contributed by atoms with Crippen LogP contribution in [0.15, 0.2) is 24.4 Å². The Hall–Kier alpha value is -2.58. The Balaban J connectivity index is 2.55. The summed E-state index contributed by atoms with van der Waals surface area (Å²) in [6.07, 6.45) is 4.08. The van der Waals surface area contributed by atoms with Gasteiger partial charge in [0.2, 0.25) is 0 Å². The van der Waals surface area contributed by atoms with Gasteiger partial charge in [-0.15, -0.1) is 6.58 Å². The van der Waals surface area contributed by atoms with E-state index in [1.54, 1.807) is 6.92 Å². The lowest BCUT2D eigenvalue weighted by molar-refractivity contribution is -0.128. The summed E-state index contributed by atoms with van der Waals surface area (Å²) >= 11 is 4.96. The molecule has 23 heavy (non-hydrogen) atoms. The summed E-state index contributed by atoms with van der Waals surface area (Å²) in [4.78, 5) is 29.6.